The van der Waals surface area contributed by atoms with Crippen LogP contribution in [0.5, 0.6) is 0 Å². The third-order valence-electron chi connectivity index (χ3n) is 8.52. The van der Waals surface area contributed by atoms with Crippen molar-refractivity contribution in [1.29, 1.82) is 0 Å². The Balaban J connectivity index is 1.10. The number of hydrogen-bond acceptors (Lipinski definition) is 3. The van der Waals surface area contributed by atoms with E-state index in [9.17, 15) is 9.59 Å². The van der Waals surface area contributed by atoms with E-state index in [0.29, 0.717) is 36.0 Å². The van der Waals surface area contributed by atoms with E-state index in [4.69, 9.17) is 0 Å². The van der Waals surface area contributed by atoms with Crippen molar-refractivity contribution in [2.75, 3.05) is 26.2 Å². The zero-order valence-corrected chi connectivity index (χ0v) is 17.9. The Bertz CT molecular complexity index is 604. The van der Waals surface area contributed by atoms with E-state index in [0.717, 1.165) is 71.1 Å². The number of piperidine rings is 2. The molecule has 0 aromatic heterocycles. The maximum atomic E-state index is 12.7. The number of hydrogen-bond donors (Lipinski definition) is 1. The van der Waals surface area contributed by atoms with Crippen LogP contribution in [0, 0.1) is 5.92 Å². The number of likely N-dealkylation sites (tertiary alicyclic amines) is 2. The highest BCUT2D eigenvalue weighted by molar-refractivity contribution is 5.79. The molecule has 5 fully saturated rings. The first kappa shape index (κ1) is 19.7. The number of amides is 3. The van der Waals surface area contributed by atoms with Crippen LogP contribution in [-0.4, -0.2) is 77.0 Å². The molecule has 3 amide bonds. The van der Waals surface area contributed by atoms with Crippen LogP contribution in [0.1, 0.15) is 77.0 Å². The first-order chi connectivity index (χ1) is 14.2. The Labute approximate surface area is 175 Å². The Morgan fingerprint density at radius 3 is 2.10 bits per heavy atom. The van der Waals surface area contributed by atoms with Crippen molar-refractivity contribution in [1.82, 2.24) is 20.0 Å². The minimum atomic E-state index is 0.194. The molecule has 1 N–H and O–H groups in total. The highest BCUT2D eigenvalue weighted by atomic mass is 16.2. The minimum absolute atomic E-state index is 0.194. The summed E-state index contributed by atoms with van der Waals surface area (Å²) in [6, 6.07) is 2.08. The van der Waals surface area contributed by atoms with Crippen molar-refractivity contribution in [2.24, 2.45) is 5.92 Å². The van der Waals surface area contributed by atoms with E-state index in [1.165, 1.54) is 32.1 Å². The van der Waals surface area contributed by atoms with Gasteiger partial charge >= 0.3 is 6.03 Å². The molecular formula is C23H38N4O2. The van der Waals surface area contributed by atoms with Crippen molar-refractivity contribution in [3.05, 3.63) is 0 Å². The van der Waals surface area contributed by atoms with Crippen LogP contribution in [0.4, 0.5) is 4.79 Å². The summed E-state index contributed by atoms with van der Waals surface area (Å²) in [4.78, 5) is 32.3. The summed E-state index contributed by atoms with van der Waals surface area (Å²) in [5.74, 6) is 0.749. The molecule has 5 aliphatic rings. The Morgan fingerprint density at radius 2 is 1.38 bits per heavy atom. The summed E-state index contributed by atoms with van der Waals surface area (Å²) in [7, 11) is 0. The normalized spacial score (nSPS) is 33.2. The predicted octanol–water partition coefficient (Wildman–Crippen LogP) is 2.97. The van der Waals surface area contributed by atoms with Gasteiger partial charge in [-0.05, 0) is 51.4 Å². The van der Waals surface area contributed by atoms with Crippen LogP contribution >= 0.6 is 0 Å². The lowest BCUT2D eigenvalue weighted by Crippen LogP contribution is -2.54. The first-order valence-corrected chi connectivity index (χ1v) is 12.3. The van der Waals surface area contributed by atoms with Gasteiger partial charge in [0.15, 0.2) is 0 Å². The lowest BCUT2D eigenvalue weighted by atomic mass is 9.89. The molecule has 3 aliphatic heterocycles. The number of rotatable bonds is 3. The molecule has 2 aliphatic carbocycles. The van der Waals surface area contributed by atoms with Gasteiger partial charge in [0.05, 0.1) is 12.1 Å². The summed E-state index contributed by atoms with van der Waals surface area (Å²) >= 11 is 0. The third-order valence-corrected chi connectivity index (χ3v) is 8.52. The molecule has 6 nitrogen and oxygen atoms in total. The minimum Gasteiger partial charge on any atom is -0.342 e. The van der Waals surface area contributed by atoms with E-state index in [1.807, 2.05) is 0 Å². The van der Waals surface area contributed by atoms with Gasteiger partial charge in [-0.1, -0.05) is 25.7 Å². The van der Waals surface area contributed by atoms with Gasteiger partial charge in [0.25, 0.3) is 0 Å². The SMILES string of the molecule is O=C(C1CCCC1)N1CCC(N2CCC(N3C(=O)NC4CCCC[C@@H]43)CC2)CC1. The first-order valence-electron chi connectivity index (χ1n) is 12.3. The number of nitrogens with one attached hydrogen (secondary N) is 1. The molecule has 162 valence electrons. The van der Waals surface area contributed by atoms with E-state index >= 15 is 0 Å². The van der Waals surface area contributed by atoms with Crippen molar-refractivity contribution >= 4 is 11.9 Å². The molecular weight excluding hydrogens is 364 g/mol. The number of urea groups is 1. The van der Waals surface area contributed by atoms with Gasteiger partial charge < -0.3 is 20.0 Å². The van der Waals surface area contributed by atoms with Crippen LogP contribution < -0.4 is 5.32 Å². The second-order valence-electron chi connectivity index (χ2n) is 10.1. The standard InChI is InChI=1S/C23H38N4O2/c28-22(17-5-1-2-6-17)26-15-9-18(10-16-26)25-13-11-19(12-14-25)27-21-8-4-3-7-20(21)24-23(27)29/h17-21H,1-16H2,(H,24,29)/t20?,21-/m0/s1. The van der Waals surface area contributed by atoms with Crippen LogP contribution in [0.15, 0.2) is 0 Å². The van der Waals surface area contributed by atoms with Crippen molar-refractivity contribution in [2.45, 2.75) is 101 Å². The van der Waals surface area contributed by atoms with E-state index < -0.39 is 0 Å². The summed E-state index contributed by atoms with van der Waals surface area (Å²) in [6.45, 7) is 4.09. The largest absolute Gasteiger partial charge is 0.342 e. The van der Waals surface area contributed by atoms with Gasteiger partial charge in [-0.3, -0.25) is 4.79 Å². The van der Waals surface area contributed by atoms with Crippen molar-refractivity contribution < 1.29 is 9.59 Å². The molecule has 0 bridgehead atoms. The zero-order valence-electron chi connectivity index (χ0n) is 17.9. The summed E-state index contributed by atoms with van der Waals surface area (Å²) in [5.41, 5.74) is 0. The van der Waals surface area contributed by atoms with E-state index in [-0.39, 0.29) is 6.03 Å². The molecule has 2 saturated carbocycles. The highest BCUT2D eigenvalue weighted by Gasteiger charge is 2.44. The fraction of sp³-hybridized carbons (Fsp3) is 0.913. The quantitative estimate of drug-likeness (QED) is 0.790. The fourth-order valence-electron chi connectivity index (χ4n) is 6.84. The number of carbonyl (C=O) groups is 2. The molecule has 1 unspecified atom stereocenters. The average molecular weight is 403 g/mol. The van der Waals surface area contributed by atoms with Crippen LogP contribution in [0.25, 0.3) is 0 Å². The summed E-state index contributed by atoms with van der Waals surface area (Å²) < 4.78 is 0. The molecule has 3 saturated heterocycles. The third kappa shape index (κ3) is 3.89. The summed E-state index contributed by atoms with van der Waals surface area (Å²) in [5, 5.41) is 3.25. The van der Waals surface area contributed by atoms with Crippen molar-refractivity contribution in [3.63, 3.8) is 0 Å². The van der Waals surface area contributed by atoms with Gasteiger partial charge in [0, 0.05) is 44.2 Å². The fourth-order valence-corrected chi connectivity index (χ4v) is 6.84. The molecule has 3 heterocycles. The molecule has 0 aromatic carbocycles. The van der Waals surface area contributed by atoms with Gasteiger partial charge in [-0.15, -0.1) is 0 Å². The Hall–Kier alpha value is -1.30. The molecule has 29 heavy (non-hydrogen) atoms. The predicted molar refractivity (Wildman–Crippen MR) is 113 cm³/mol. The maximum absolute atomic E-state index is 12.7. The van der Waals surface area contributed by atoms with Gasteiger partial charge in [0.2, 0.25) is 5.91 Å². The number of nitrogens with zero attached hydrogens (tertiary/aromatic N) is 3. The lowest BCUT2D eigenvalue weighted by molar-refractivity contribution is -0.137. The highest BCUT2D eigenvalue weighted by Crippen LogP contribution is 2.33. The molecule has 0 spiro atoms. The average Bonchev–Trinajstić information content (AvgIpc) is 3.41. The topological polar surface area (TPSA) is 55.9 Å². The van der Waals surface area contributed by atoms with Gasteiger partial charge in [-0.25, -0.2) is 4.79 Å². The lowest BCUT2D eigenvalue weighted by Gasteiger charge is -2.44. The zero-order chi connectivity index (χ0) is 19.8. The van der Waals surface area contributed by atoms with Gasteiger partial charge in [0.1, 0.15) is 0 Å². The molecule has 2 atom stereocenters. The van der Waals surface area contributed by atoms with Crippen LogP contribution in [0.2, 0.25) is 0 Å². The van der Waals surface area contributed by atoms with Gasteiger partial charge in [-0.2, -0.15) is 0 Å². The summed E-state index contributed by atoms with van der Waals surface area (Å²) in [6.07, 6.45) is 14.0. The van der Waals surface area contributed by atoms with Crippen LogP contribution in [-0.2, 0) is 4.79 Å². The van der Waals surface area contributed by atoms with E-state index in [2.05, 4.69) is 20.0 Å². The maximum Gasteiger partial charge on any atom is 0.318 e. The molecule has 0 aromatic rings. The van der Waals surface area contributed by atoms with Crippen LogP contribution in [0.3, 0.4) is 0 Å². The molecule has 0 radical (unpaired) electrons. The Kier molecular flexibility index (Phi) is 5.72. The van der Waals surface area contributed by atoms with E-state index in [1.54, 1.807) is 0 Å². The number of fused-ring (bicyclic) bond motifs is 1. The monoisotopic (exact) mass is 402 g/mol. The molecule has 5 rings (SSSR count). The second kappa shape index (κ2) is 8.44. The number of carbonyl (C=O) groups excluding carboxylic acids is 2. The smallest absolute Gasteiger partial charge is 0.318 e. The molecule has 6 heteroatoms. The second-order valence-corrected chi connectivity index (χ2v) is 10.1. The Morgan fingerprint density at radius 1 is 0.759 bits per heavy atom. The van der Waals surface area contributed by atoms with Crippen molar-refractivity contribution in [3.8, 4) is 0 Å².